The van der Waals surface area contributed by atoms with Gasteiger partial charge in [-0.05, 0) is 129 Å². The molecule has 1 fully saturated rings. The first-order valence-electron chi connectivity index (χ1n) is 20.7. The van der Waals surface area contributed by atoms with Crippen molar-refractivity contribution in [2.75, 3.05) is 4.90 Å². The first-order valence-corrected chi connectivity index (χ1v) is 20.7. The fourth-order valence-corrected chi connectivity index (χ4v) is 10.00. The highest BCUT2D eigenvalue weighted by Crippen LogP contribution is 2.52. The third-order valence-corrected chi connectivity index (χ3v) is 13.1. The van der Waals surface area contributed by atoms with E-state index < -0.39 is 0 Å². The lowest BCUT2D eigenvalue weighted by Gasteiger charge is -2.29. The number of para-hydroxylation sites is 1. The van der Waals surface area contributed by atoms with Gasteiger partial charge in [-0.15, -0.1) is 0 Å². The van der Waals surface area contributed by atoms with Gasteiger partial charge in [0.2, 0.25) is 0 Å². The lowest BCUT2D eigenvalue weighted by atomic mass is 9.82. The van der Waals surface area contributed by atoms with Crippen molar-refractivity contribution in [1.29, 1.82) is 0 Å². The standard InChI is InChI=1S/C55H45NO/c1-55(2)50-18-10-8-16-45(50)49-35-44(29-31-51(49)55)56(43-27-24-39(25-28-43)38-22-20-37(21-23-38)36-12-4-3-5-13-36)52-33-41-15-7-6-14-40(41)32-48(52)42-26-30-47-46-17-9-11-19-53(46)57-54(47)34-42/h6-11,14-36H,3-5,12-13H2,1-2H3. The smallest absolute Gasteiger partial charge is 0.136 e. The van der Waals surface area contributed by atoms with Crippen molar-refractivity contribution >= 4 is 49.8 Å². The zero-order valence-electron chi connectivity index (χ0n) is 32.6. The van der Waals surface area contributed by atoms with Crippen LogP contribution >= 0.6 is 0 Å². The van der Waals surface area contributed by atoms with Crippen molar-refractivity contribution in [2.45, 2.75) is 57.3 Å². The molecule has 0 bridgehead atoms. The Kier molecular flexibility index (Phi) is 7.96. The molecule has 1 heterocycles. The second kappa shape index (κ2) is 13.4. The summed E-state index contributed by atoms with van der Waals surface area (Å²) in [6, 6.07) is 63.1. The number of hydrogen-bond acceptors (Lipinski definition) is 2. The predicted octanol–water partition coefficient (Wildman–Crippen LogP) is 15.9. The van der Waals surface area contributed by atoms with Crippen LogP contribution in [0.25, 0.3) is 66.1 Å². The second-order valence-electron chi connectivity index (χ2n) is 16.8. The third kappa shape index (κ3) is 5.69. The normalized spacial score (nSPS) is 14.9. The summed E-state index contributed by atoms with van der Waals surface area (Å²) in [7, 11) is 0. The van der Waals surface area contributed by atoms with E-state index >= 15 is 0 Å². The van der Waals surface area contributed by atoms with Gasteiger partial charge in [0.1, 0.15) is 11.2 Å². The molecule has 0 aliphatic heterocycles. The summed E-state index contributed by atoms with van der Waals surface area (Å²) in [4.78, 5) is 2.47. The van der Waals surface area contributed by atoms with Crippen molar-refractivity contribution < 1.29 is 4.42 Å². The van der Waals surface area contributed by atoms with Crippen LogP contribution in [0.5, 0.6) is 0 Å². The fraction of sp³-hybridized carbons (Fsp3) is 0.164. The zero-order valence-corrected chi connectivity index (χ0v) is 32.6. The van der Waals surface area contributed by atoms with Crippen LogP contribution in [0.15, 0.2) is 174 Å². The molecule has 0 saturated heterocycles. The molecule has 8 aromatic carbocycles. The zero-order chi connectivity index (χ0) is 38.1. The highest BCUT2D eigenvalue weighted by molar-refractivity contribution is 6.07. The van der Waals surface area contributed by atoms with Crippen molar-refractivity contribution in [3.63, 3.8) is 0 Å². The van der Waals surface area contributed by atoms with E-state index in [2.05, 4.69) is 183 Å². The largest absolute Gasteiger partial charge is 0.456 e. The van der Waals surface area contributed by atoms with Gasteiger partial charge >= 0.3 is 0 Å². The van der Waals surface area contributed by atoms with E-state index in [-0.39, 0.29) is 5.41 Å². The molecule has 2 heteroatoms. The molecule has 0 unspecified atom stereocenters. The van der Waals surface area contributed by atoms with Crippen LogP contribution in [0.1, 0.15) is 68.6 Å². The lowest BCUT2D eigenvalue weighted by Crippen LogP contribution is -2.15. The Labute approximate surface area is 335 Å². The molecule has 276 valence electrons. The second-order valence-corrected chi connectivity index (χ2v) is 16.8. The highest BCUT2D eigenvalue weighted by atomic mass is 16.3. The number of hydrogen-bond donors (Lipinski definition) is 0. The van der Waals surface area contributed by atoms with Gasteiger partial charge in [-0.1, -0.05) is 148 Å². The van der Waals surface area contributed by atoms with Gasteiger partial charge in [0.15, 0.2) is 0 Å². The molecule has 1 aromatic heterocycles. The summed E-state index contributed by atoms with van der Waals surface area (Å²) in [6.45, 7) is 4.70. The molecular formula is C55H45NO. The van der Waals surface area contributed by atoms with Crippen molar-refractivity contribution in [1.82, 2.24) is 0 Å². The van der Waals surface area contributed by atoms with Gasteiger partial charge in [-0.2, -0.15) is 0 Å². The maximum atomic E-state index is 6.46. The Bertz CT molecular complexity index is 2960. The minimum absolute atomic E-state index is 0.0699. The molecule has 0 spiro atoms. The van der Waals surface area contributed by atoms with Crippen LogP contribution in [0, 0.1) is 0 Å². The molecule has 2 aliphatic carbocycles. The molecule has 9 aromatic rings. The Morgan fingerprint density at radius 1 is 0.474 bits per heavy atom. The fourth-order valence-electron chi connectivity index (χ4n) is 10.00. The van der Waals surface area contributed by atoms with Crippen LogP contribution in [0.2, 0.25) is 0 Å². The van der Waals surface area contributed by atoms with Crippen LogP contribution in [-0.4, -0.2) is 0 Å². The van der Waals surface area contributed by atoms with E-state index in [0.29, 0.717) is 5.92 Å². The van der Waals surface area contributed by atoms with E-state index in [1.165, 1.54) is 81.8 Å². The van der Waals surface area contributed by atoms with Gasteiger partial charge in [0.25, 0.3) is 0 Å². The van der Waals surface area contributed by atoms with E-state index in [1.807, 2.05) is 6.07 Å². The van der Waals surface area contributed by atoms with E-state index in [0.717, 1.165) is 50.1 Å². The SMILES string of the molecule is CC1(C)c2ccccc2-c2cc(N(c3ccc(-c4ccc(C5CCCCC5)cc4)cc3)c3cc4ccccc4cc3-c3ccc4c(c3)oc3ccccc34)ccc21. The first kappa shape index (κ1) is 33.9. The van der Waals surface area contributed by atoms with E-state index in [1.54, 1.807) is 0 Å². The monoisotopic (exact) mass is 735 g/mol. The maximum Gasteiger partial charge on any atom is 0.136 e. The molecule has 0 atom stereocenters. The van der Waals surface area contributed by atoms with Crippen molar-refractivity contribution in [2.24, 2.45) is 0 Å². The molecule has 2 nitrogen and oxygen atoms in total. The predicted molar refractivity (Wildman–Crippen MR) is 240 cm³/mol. The number of fused-ring (bicyclic) bond motifs is 7. The minimum atomic E-state index is -0.0699. The summed E-state index contributed by atoms with van der Waals surface area (Å²) >= 11 is 0. The average molecular weight is 736 g/mol. The number of furan rings is 1. The summed E-state index contributed by atoms with van der Waals surface area (Å²) in [5.41, 5.74) is 16.7. The Hall–Kier alpha value is -6.38. The summed E-state index contributed by atoms with van der Waals surface area (Å²) < 4.78 is 6.46. The van der Waals surface area contributed by atoms with Crippen LogP contribution < -0.4 is 4.90 Å². The topological polar surface area (TPSA) is 16.4 Å². The highest BCUT2D eigenvalue weighted by Gasteiger charge is 2.35. The lowest BCUT2D eigenvalue weighted by molar-refractivity contribution is 0.443. The van der Waals surface area contributed by atoms with Crippen molar-refractivity contribution in [3.05, 3.63) is 187 Å². The van der Waals surface area contributed by atoms with Crippen LogP contribution in [-0.2, 0) is 5.41 Å². The minimum Gasteiger partial charge on any atom is -0.456 e. The molecule has 11 rings (SSSR count). The molecule has 1 saturated carbocycles. The third-order valence-electron chi connectivity index (χ3n) is 13.1. The summed E-state index contributed by atoms with van der Waals surface area (Å²) in [5, 5.41) is 4.69. The molecule has 0 radical (unpaired) electrons. The Morgan fingerprint density at radius 3 is 1.91 bits per heavy atom. The molecule has 0 N–H and O–H groups in total. The molecular weight excluding hydrogens is 691 g/mol. The van der Waals surface area contributed by atoms with Crippen molar-refractivity contribution in [3.8, 4) is 33.4 Å². The molecule has 2 aliphatic rings. The molecule has 57 heavy (non-hydrogen) atoms. The van der Waals surface area contributed by atoms with Crippen LogP contribution in [0.4, 0.5) is 17.1 Å². The van der Waals surface area contributed by atoms with Crippen LogP contribution in [0.3, 0.4) is 0 Å². The van der Waals surface area contributed by atoms with Gasteiger partial charge in [-0.3, -0.25) is 0 Å². The summed E-state index contributed by atoms with van der Waals surface area (Å²) in [6.07, 6.45) is 6.72. The van der Waals surface area contributed by atoms with Gasteiger partial charge in [0.05, 0.1) is 5.69 Å². The first-order chi connectivity index (χ1) is 28.0. The number of benzene rings is 8. The number of rotatable bonds is 6. The number of nitrogens with zero attached hydrogens (tertiary/aromatic N) is 1. The quantitative estimate of drug-likeness (QED) is 0.169. The Balaban J connectivity index is 1.09. The van der Waals surface area contributed by atoms with Gasteiger partial charge < -0.3 is 9.32 Å². The van der Waals surface area contributed by atoms with E-state index in [4.69, 9.17) is 4.42 Å². The van der Waals surface area contributed by atoms with Gasteiger partial charge in [-0.25, -0.2) is 0 Å². The summed E-state index contributed by atoms with van der Waals surface area (Å²) in [5.74, 6) is 0.706. The Morgan fingerprint density at radius 2 is 1.11 bits per heavy atom. The number of anilines is 3. The molecule has 0 amide bonds. The maximum absolute atomic E-state index is 6.46. The average Bonchev–Trinajstić information content (AvgIpc) is 3.75. The van der Waals surface area contributed by atoms with E-state index in [9.17, 15) is 0 Å². The van der Waals surface area contributed by atoms with Gasteiger partial charge in [0, 0.05) is 33.1 Å².